The minimum absolute atomic E-state index is 0.219. The van der Waals surface area contributed by atoms with Crippen molar-refractivity contribution in [2.75, 3.05) is 6.54 Å². The quantitative estimate of drug-likeness (QED) is 0.708. The summed E-state index contributed by atoms with van der Waals surface area (Å²) in [6.45, 7) is 7.25. The molecule has 2 atom stereocenters. The smallest absolute Gasteiger partial charge is 0.325 e. The zero-order chi connectivity index (χ0) is 18.8. The second kappa shape index (κ2) is 7.56. The SMILES string of the molecule is CC(C)CC1(C)NC(=O)N(CC(=O)NC(C)c2ccc(Br)cc2)C1=O. The van der Waals surface area contributed by atoms with Gasteiger partial charge in [-0.1, -0.05) is 41.9 Å². The van der Waals surface area contributed by atoms with Crippen LogP contribution in [0.1, 0.15) is 45.7 Å². The van der Waals surface area contributed by atoms with Crippen LogP contribution in [0.15, 0.2) is 28.7 Å². The Morgan fingerprint density at radius 2 is 1.84 bits per heavy atom. The van der Waals surface area contributed by atoms with E-state index in [0.717, 1.165) is 14.9 Å². The van der Waals surface area contributed by atoms with Gasteiger partial charge in [-0.15, -0.1) is 0 Å². The van der Waals surface area contributed by atoms with Gasteiger partial charge in [-0.05, 0) is 43.9 Å². The van der Waals surface area contributed by atoms with Crippen LogP contribution < -0.4 is 10.6 Å². The Morgan fingerprint density at radius 1 is 1.24 bits per heavy atom. The van der Waals surface area contributed by atoms with E-state index in [9.17, 15) is 14.4 Å². The molecule has 1 heterocycles. The third-order valence-electron chi connectivity index (χ3n) is 4.21. The van der Waals surface area contributed by atoms with Crippen molar-refractivity contribution < 1.29 is 14.4 Å². The van der Waals surface area contributed by atoms with Gasteiger partial charge in [0.2, 0.25) is 5.91 Å². The number of hydrogen-bond acceptors (Lipinski definition) is 3. The fourth-order valence-electron chi connectivity index (χ4n) is 3.11. The summed E-state index contributed by atoms with van der Waals surface area (Å²) in [5.41, 5.74) is 0.00135. The van der Waals surface area contributed by atoms with Crippen molar-refractivity contribution in [2.24, 2.45) is 5.92 Å². The third-order valence-corrected chi connectivity index (χ3v) is 4.74. The van der Waals surface area contributed by atoms with Crippen LogP contribution in [0.4, 0.5) is 4.79 Å². The van der Waals surface area contributed by atoms with Crippen molar-refractivity contribution in [1.29, 1.82) is 0 Å². The molecule has 1 saturated heterocycles. The number of hydrogen-bond donors (Lipinski definition) is 2. The lowest BCUT2D eigenvalue weighted by molar-refractivity contribution is -0.135. The van der Waals surface area contributed by atoms with Crippen molar-refractivity contribution in [3.05, 3.63) is 34.3 Å². The van der Waals surface area contributed by atoms with Crippen LogP contribution in [0.25, 0.3) is 0 Å². The second-order valence-electron chi connectivity index (χ2n) is 7.09. The van der Waals surface area contributed by atoms with E-state index in [1.807, 2.05) is 45.0 Å². The van der Waals surface area contributed by atoms with Crippen LogP contribution in [0.5, 0.6) is 0 Å². The molecule has 2 unspecified atom stereocenters. The maximum atomic E-state index is 12.6. The maximum absolute atomic E-state index is 12.6. The first-order valence-corrected chi connectivity index (χ1v) is 9.10. The number of carbonyl (C=O) groups excluding carboxylic acids is 3. The highest BCUT2D eigenvalue weighted by Crippen LogP contribution is 2.25. The average Bonchev–Trinajstić information content (AvgIpc) is 2.70. The van der Waals surface area contributed by atoms with Crippen LogP contribution in [-0.4, -0.2) is 34.8 Å². The third kappa shape index (κ3) is 4.60. The standard InChI is InChI=1S/C18H24BrN3O3/c1-11(2)9-18(4)16(24)22(17(25)21-18)10-15(23)20-12(3)13-5-7-14(19)8-6-13/h5-8,11-12H,9-10H2,1-4H3,(H,20,23)(H,21,25). The minimum Gasteiger partial charge on any atom is -0.348 e. The van der Waals surface area contributed by atoms with E-state index >= 15 is 0 Å². The number of nitrogens with one attached hydrogen (secondary N) is 2. The maximum Gasteiger partial charge on any atom is 0.325 e. The monoisotopic (exact) mass is 409 g/mol. The summed E-state index contributed by atoms with van der Waals surface area (Å²) in [6.07, 6.45) is 0.533. The number of benzene rings is 1. The number of urea groups is 1. The Morgan fingerprint density at radius 3 is 2.40 bits per heavy atom. The molecule has 1 aliphatic heterocycles. The van der Waals surface area contributed by atoms with Gasteiger partial charge in [-0.3, -0.25) is 14.5 Å². The molecule has 136 valence electrons. The molecule has 1 fully saturated rings. The van der Waals surface area contributed by atoms with Crippen molar-refractivity contribution in [3.8, 4) is 0 Å². The Labute approximate surface area is 156 Å². The number of nitrogens with zero attached hydrogens (tertiary/aromatic N) is 1. The zero-order valence-electron chi connectivity index (χ0n) is 14.9. The van der Waals surface area contributed by atoms with Gasteiger partial charge in [-0.2, -0.15) is 0 Å². The predicted octanol–water partition coefficient (Wildman–Crippen LogP) is 2.98. The Kier molecular flexibility index (Phi) is 5.87. The Bertz CT molecular complexity index is 675. The van der Waals surface area contributed by atoms with Gasteiger partial charge in [0.25, 0.3) is 5.91 Å². The first-order valence-electron chi connectivity index (χ1n) is 8.31. The first kappa shape index (κ1) is 19.4. The fourth-order valence-corrected chi connectivity index (χ4v) is 3.38. The Hall–Kier alpha value is -1.89. The van der Waals surface area contributed by atoms with Crippen molar-refractivity contribution in [2.45, 2.75) is 45.7 Å². The van der Waals surface area contributed by atoms with Crippen molar-refractivity contribution in [1.82, 2.24) is 15.5 Å². The topological polar surface area (TPSA) is 78.5 Å². The lowest BCUT2D eigenvalue weighted by Gasteiger charge is -2.23. The summed E-state index contributed by atoms with van der Waals surface area (Å²) in [4.78, 5) is 38.0. The molecular weight excluding hydrogens is 386 g/mol. The molecule has 7 heteroatoms. The van der Waals surface area contributed by atoms with E-state index in [-0.39, 0.29) is 30.3 Å². The van der Waals surface area contributed by atoms with Gasteiger partial charge in [-0.25, -0.2) is 4.79 Å². The molecule has 0 radical (unpaired) electrons. The van der Waals surface area contributed by atoms with E-state index in [0.29, 0.717) is 6.42 Å². The Balaban J connectivity index is 1.99. The normalized spacial score (nSPS) is 21.4. The number of rotatable bonds is 6. The molecule has 0 aliphatic carbocycles. The average molecular weight is 410 g/mol. The van der Waals surface area contributed by atoms with Gasteiger partial charge in [0.15, 0.2) is 0 Å². The van der Waals surface area contributed by atoms with Crippen LogP contribution in [-0.2, 0) is 9.59 Å². The molecule has 0 saturated carbocycles. The first-order chi connectivity index (χ1) is 11.6. The van der Waals surface area contributed by atoms with Gasteiger partial charge in [0, 0.05) is 4.47 Å². The van der Waals surface area contributed by atoms with E-state index in [1.54, 1.807) is 6.92 Å². The van der Waals surface area contributed by atoms with Gasteiger partial charge < -0.3 is 10.6 Å². The molecule has 1 aliphatic rings. The number of halogens is 1. The molecule has 0 aromatic heterocycles. The van der Waals surface area contributed by atoms with E-state index in [2.05, 4.69) is 26.6 Å². The number of imide groups is 1. The van der Waals surface area contributed by atoms with Crippen molar-refractivity contribution in [3.63, 3.8) is 0 Å². The molecule has 25 heavy (non-hydrogen) atoms. The highest BCUT2D eigenvalue weighted by atomic mass is 79.9. The van der Waals surface area contributed by atoms with E-state index in [4.69, 9.17) is 0 Å². The molecule has 1 aromatic carbocycles. The van der Waals surface area contributed by atoms with Crippen LogP contribution >= 0.6 is 15.9 Å². The molecule has 6 nitrogen and oxygen atoms in total. The molecule has 0 spiro atoms. The van der Waals surface area contributed by atoms with Gasteiger partial charge >= 0.3 is 6.03 Å². The van der Waals surface area contributed by atoms with Crippen LogP contribution in [0, 0.1) is 5.92 Å². The lowest BCUT2D eigenvalue weighted by Crippen LogP contribution is -2.46. The fraction of sp³-hybridized carbons (Fsp3) is 0.500. The van der Waals surface area contributed by atoms with Gasteiger partial charge in [0.1, 0.15) is 12.1 Å². The van der Waals surface area contributed by atoms with Crippen LogP contribution in [0.2, 0.25) is 0 Å². The summed E-state index contributed by atoms with van der Waals surface area (Å²) in [5.74, 6) is -0.467. The zero-order valence-corrected chi connectivity index (χ0v) is 16.5. The highest BCUT2D eigenvalue weighted by Gasteiger charge is 2.48. The molecule has 2 rings (SSSR count). The lowest BCUT2D eigenvalue weighted by atomic mass is 9.91. The molecule has 1 aromatic rings. The predicted molar refractivity (Wildman–Crippen MR) is 98.8 cm³/mol. The summed E-state index contributed by atoms with van der Waals surface area (Å²) in [6, 6.07) is 6.87. The molecule has 0 bridgehead atoms. The molecular formula is C18H24BrN3O3. The number of amides is 4. The summed E-state index contributed by atoms with van der Waals surface area (Å²) >= 11 is 3.37. The second-order valence-corrected chi connectivity index (χ2v) is 8.01. The summed E-state index contributed by atoms with van der Waals surface area (Å²) in [5, 5.41) is 5.53. The summed E-state index contributed by atoms with van der Waals surface area (Å²) < 4.78 is 0.957. The van der Waals surface area contributed by atoms with Crippen LogP contribution in [0.3, 0.4) is 0 Å². The van der Waals surface area contributed by atoms with Gasteiger partial charge in [0.05, 0.1) is 6.04 Å². The highest BCUT2D eigenvalue weighted by molar-refractivity contribution is 9.10. The molecule has 4 amide bonds. The van der Waals surface area contributed by atoms with Crippen molar-refractivity contribution >= 4 is 33.8 Å². The minimum atomic E-state index is -0.942. The largest absolute Gasteiger partial charge is 0.348 e. The van der Waals surface area contributed by atoms with E-state index < -0.39 is 11.6 Å². The van der Waals surface area contributed by atoms with E-state index in [1.165, 1.54) is 0 Å². The number of carbonyl (C=O) groups is 3. The molecule has 2 N–H and O–H groups in total. The summed E-state index contributed by atoms with van der Waals surface area (Å²) in [7, 11) is 0.